The van der Waals surface area contributed by atoms with Crippen LogP contribution in [-0.2, 0) is 23.5 Å². The van der Waals surface area contributed by atoms with Gasteiger partial charge >= 0.3 is 0 Å². The Morgan fingerprint density at radius 1 is 1.39 bits per heavy atom. The molecule has 0 spiro atoms. The maximum atomic E-state index is 12.3. The van der Waals surface area contributed by atoms with Crippen molar-refractivity contribution in [2.75, 3.05) is 10.6 Å². The summed E-state index contributed by atoms with van der Waals surface area (Å²) in [7, 11) is -1.49. The molecule has 1 aromatic carbocycles. The molecule has 0 radical (unpaired) electrons. The molecule has 1 amide bonds. The summed E-state index contributed by atoms with van der Waals surface area (Å²) in [4.78, 5) is 17.1. The summed E-state index contributed by atoms with van der Waals surface area (Å²) in [5, 5.41) is 1.86. The molecule has 2 aromatic rings. The van der Waals surface area contributed by atoms with Crippen LogP contribution >= 0.6 is 11.3 Å². The van der Waals surface area contributed by atoms with Gasteiger partial charge in [-0.2, -0.15) is 4.99 Å². The topological polar surface area (TPSA) is 71.7 Å². The van der Waals surface area contributed by atoms with E-state index < -0.39 is 10.0 Å². The van der Waals surface area contributed by atoms with Gasteiger partial charge < -0.3 is 4.57 Å². The third-order valence-electron chi connectivity index (χ3n) is 3.79. The van der Waals surface area contributed by atoms with Crippen molar-refractivity contribution in [2.45, 2.75) is 19.4 Å². The zero-order valence-electron chi connectivity index (χ0n) is 13.1. The van der Waals surface area contributed by atoms with Crippen molar-refractivity contribution in [3.05, 3.63) is 45.7 Å². The number of rotatable bonds is 2. The van der Waals surface area contributed by atoms with Crippen LogP contribution in [0.5, 0.6) is 0 Å². The Bertz CT molecular complexity index is 941. The van der Waals surface area contributed by atoms with Gasteiger partial charge in [-0.3, -0.25) is 9.10 Å². The molecule has 23 heavy (non-hydrogen) atoms. The van der Waals surface area contributed by atoms with Crippen molar-refractivity contribution in [3.63, 3.8) is 0 Å². The van der Waals surface area contributed by atoms with Crippen molar-refractivity contribution in [1.29, 1.82) is 0 Å². The number of amides is 1. The summed E-state index contributed by atoms with van der Waals surface area (Å²) in [6.45, 7) is 1.86. The minimum Gasteiger partial charge on any atom is -0.327 e. The molecule has 0 N–H and O–H groups in total. The van der Waals surface area contributed by atoms with Gasteiger partial charge in [0.25, 0.3) is 5.91 Å². The van der Waals surface area contributed by atoms with Crippen molar-refractivity contribution < 1.29 is 13.2 Å². The van der Waals surface area contributed by atoms with Crippen molar-refractivity contribution in [1.82, 2.24) is 4.57 Å². The van der Waals surface area contributed by atoms with E-state index in [0.29, 0.717) is 22.5 Å². The fourth-order valence-corrected chi connectivity index (χ4v) is 4.82. The first-order valence-corrected chi connectivity index (χ1v) is 9.81. The quantitative estimate of drug-likeness (QED) is 0.824. The Kier molecular flexibility index (Phi) is 3.89. The Morgan fingerprint density at radius 2 is 2.13 bits per heavy atom. The summed E-state index contributed by atoms with van der Waals surface area (Å²) in [5.74, 6) is -0.323. The van der Waals surface area contributed by atoms with Crippen molar-refractivity contribution >= 4 is 33.0 Å². The Morgan fingerprint density at radius 3 is 2.74 bits per heavy atom. The molecule has 1 aliphatic heterocycles. The number of benzene rings is 1. The van der Waals surface area contributed by atoms with E-state index >= 15 is 0 Å². The van der Waals surface area contributed by atoms with E-state index in [4.69, 9.17) is 0 Å². The maximum absolute atomic E-state index is 12.3. The van der Waals surface area contributed by atoms with Crippen LogP contribution < -0.4 is 9.11 Å². The van der Waals surface area contributed by atoms with Gasteiger partial charge in [0.1, 0.15) is 0 Å². The smallest absolute Gasteiger partial charge is 0.279 e. The monoisotopic (exact) mass is 351 g/mol. The zero-order valence-corrected chi connectivity index (χ0v) is 14.7. The summed E-state index contributed by atoms with van der Waals surface area (Å²) >= 11 is 1.39. The Hall–Kier alpha value is -1.93. The molecule has 6 nitrogen and oxygen atoms in total. The molecule has 1 aliphatic rings. The molecular weight excluding hydrogens is 334 g/mol. The van der Waals surface area contributed by atoms with Crippen LogP contribution in [0.25, 0.3) is 0 Å². The molecule has 0 fully saturated rings. The number of carbonyl (C=O) groups excluding carboxylic acids is 1. The number of aryl methyl sites for hydroxylation is 1. The van der Waals surface area contributed by atoms with E-state index in [-0.39, 0.29) is 11.9 Å². The molecule has 1 unspecified atom stereocenters. The molecule has 3 rings (SSSR count). The summed E-state index contributed by atoms with van der Waals surface area (Å²) < 4.78 is 27.0. The minimum absolute atomic E-state index is 0.141. The highest BCUT2D eigenvalue weighted by Gasteiger charge is 2.32. The van der Waals surface area contributed by atoms with Crippen molar-refractivity contribution in [3.8, 4) is 0 Å². The number of nitrogens with zero attached hydrogens (tertiary/aromatic N) is 3. The van der Waals surface area contributed by atoms with Crippen LogP contribution in [-0.4, -0.2) is 31.2 Å². The lowest BCUT2D eigenvalue weighted by Gasteiger charge is -2.21. The van der Waals surface area contributed by atoms with Crippen LogP contribution in [0.1, 0.15) is 22.8 Å². The standard InChI is InChI=1S/C15H17N3O3S2/c1-10-8-12-9-11(4-5-13(12)18(10)23(3,20)21)14(19)16-15-17(2)6-7-22-15/h4-7,9-10H,8H2,1-3H3. The van der Waals surface area contributed by atoms with Crippen LogP contribution in [0.2, 0.25) is 0 Å². The van der Waals surface area contributed by atoms with E-state index in [2.05, 4.69) is 4.99 Å². The van der Waals surface area contributed by atoms with Gasteiger partial charge in [-0.1, -0.05) is 0 Å². The minimum atomic E-state index is -3.32. The molecule has 1 atom stereocenters. The van der Waals surface area contributed by atoms with Crippen LogP contribution in [0, 0.1) is 0 Å². The highest BCUT2D eigenvalue weighted by Crippen LogP contribution is 2.34. The highest BCUT2D eigenvalue weighted by molar-refractivity contribution is 7.92. The average Bonchev–Trinajstić information content (AvgIpc) is 2.99. The lowest BCUT2D eigenvalue weighted by Crippen LogP contribution is -2.34. The molecule has 0 aliphatic carbocycles. The zero-order chi connectivity index (χ0) is 16.8. The van der Waals surface area contributed by atoms with E-state index in [1.807, 2.05) is 25.5 Å². The van der Waals surface area contributed by atoms with Crippen LogP contribution in [0.15, 0.2) is 34.8 Å². The molecule has 2 heterocycles. The summed E-state index contributed by atoms with van der Waals surface area (Å²) in [6, 6.07) is 4.93. The van der Waals surface area contributed by atoms with Gasteiger partial charge in [0, 0.05) is 30.2 Å². The number of sulfonamides is 1. The fraction of sp³-hybridized carbons (Fsp3) is 0.333. The van der Waals surface area contributed by atoms with Gasteiger partial charge in [-0.15, -0.1) is 11.3 Å². The Balaban J connectivity index is 1.99. The molecule has 0 bridgehead atoms. The lowest BCUT2D eigenvalue weighted by atomic mass is 10.1. The first-order valence-electron chi connectivity index (χ1n) is 7.09. The number of anilines is 1. The number of thiazole rings is 1. The van der Waals surface area contributed by atoms with Crippen molar-refractivity contribution in [2.24, 2.45) is 12.0 Å². The average molecular weight is 351 g/mol. The first-order chi connectivity index (χ1) is 10.8. The predicted octanol–water partition coefficient (Wildman–Crippen LogP) is 1.54. The number of hydrogen-bond acceptors (Lipinski definition) is 4. The molecule has 0 saturated carbocycles. The van der Waals surface area contributed by atoms with E-state index in [9.17, 15) is 13.2 Å². The lowest BCUT2D eigenvalue weighted by molar-refractivity contribution is 0.0998. The second kappa shape index (κ2) is 5.61. The SMILES string of the molecule is CC1Cc2cc(C(=O)N=c3sccn3C)ccc2N1S(C)(=O)=O. The van der Waals surface area contributed by atoms with E-state index in [0.717, 1.165) is 5.56 Å². The second-order valence-electron chi connectivity index (χ2n) is 5.67. The molecular formula is C15H17N3O3S2. The third kappa shape index (κ3) is 2.96. The fourth-order valence-electron chi connectivity index (χ4n) is 2.83. The molecule has 122 valence electrons. The first kappa shape index (κ1) is 15.9. The van der Waals surface area contributed by atoms with Gasteiger partial charge in [-0.25, -0.2) is 8.42 Å². The summed E-state index contributed by atoms with van der Waals surface area (Å²) in [5.41, 5.74) is 1.98. The predicted molar refractivity (Wildman–Crippen MR) is 90.1 cm³/mol. The third-order valence-corrected chi connectivity index (χ3v) is 5.91. The number of aromatic nitrogens is 1. The second-order valence-corrected chi connectivity index (χ2v) is 8.40. The Labute approximate surface area is 138 Å². The van der Waals surface area contributed by atoms with Gasteiger partial charge in [0.2, 0.25) is 10.0 Å². The largest absolute Gasteiger partial charge is 0.327 e. The molecule has 0 saturated heterocycles. The normalized spacial score (nSPS) is 18.3. The van der Waals surface area contributed by atoms with E-state index in [1.54, 1.807) is 22.8 Å². The molecule has 8 heteroatoms. The highest BCUT2D eigenvalue weighted by atomic mass is 32.2. The number of carbonyl (C=O) groups is 1. The number of hydrogen-bond donors (Lipinski definition) is 0. The van der Waals surface area contributed by atoms with Gasteiger partial charge in [0.05, 0.1) is 11.9 Å². The number of fused-ring (bicyclic) bond motifs is 1. The van der Waals surface area contributed by atoms with Crippen LogP contribution in [0.3, 0.4) is 0 Å². The maximum Gasteiger partial charge on any atom is 0.279 e. The molecule has 1 aromatic heterocycles. The van der Waals surface area contributed by atoms with Crippen LogP contribution in [0.4, 0.5) is 5.69 Å². The van der Waals surface area contributed by atoms with E-state index in [1.165, 1.54) is 21.9 Å². The van der Waals surface area contributed by atoms with Gasteiger partial charge in [0.15, 0.2) is 4.80 Å². The summed E-state index contributed by atoms with van der Waals surface area (Å²) in [6.07, 6.45) is 3.63. The van der Waals surface area contributed by atoms with Gasteiger partial charge in [-0.05, 0) is 37.1 Å².